The third-order valence-electron chi connectivity index (χ3n) is 3.47. The van der Waals surface area contributed by atoms with Crippen molar-refractivity contribution < 1.29 is 4.79 Å². The van der Waals surface area contributed by atoms with Crippen molar-refractivity contribution in [1.82, 2.24) is 19.7 Å². The summed E-state index contributed by atoms with van der Waals surface area (Å²) in [4.78, 5) is 25.9. The topological polar surface area (TPSA) is 71.0 Å². The van der Waals surface area contributed by atoms with Crippen molar-refractivity contribution in [2.45, 2.75) is 56.5 Å². The van der Waals surface area contributed by atoms with Gasteiger partial charge < -0.3 is 4.90 Å². The van der Waals surface area contributed by atoms with Crippen LogP contribution in [-0.2, 0) is 11.3 Å². The molecule has 0 spiro atoms. The Balaban J connectivity index is 2.01. The second-order valence-electron chi connectivity index (χ2n) is 5.11. The lowest BCUT2D eigenvalue weighted by atomic mass is 10.1. The smallest absolute Gasteiger partial charge is 0.342 e. The molecule has 1 atom stereocenters. The van der Waals surface area contributed by atoms with Gasteiger partial charge in [-0.05, 0) is 32.6 Å². The Morgan fingerprint density at radius 3 is 2.75 bits per heavy atom. The molecular weight excluding hydrogens is 276 g/mol. The highest BCUT2D eigenvalue weighted by Gasteiger charge is 2.24. The highest BCUT2D eigenvalue weighted by Crippen LogP contribution is 2.23. The normalized spacial score (nSPS) is 17.2. The Labute approximate surface area is 122 Å². The molecule has 0 saturated carbocycles. The van der Waals surface area contributed by atoms with Gasteiger partial charge in [-0.2, -0.15) is 0 Å². The van der Waals surface area contributed by atoms with E-state index in [1.54, 1.807) is 4.57 Å². The van der Waals surface area contributed by atoms with Crippen molar-refractivity contribution in [2.75, 3.05) is 13.1 Å². The molecule has 20 heavy (non-hydrogen) atoms. The fourth-order valence-corrected chi connectivity index (χ4v) is 3.36. The summed E-state index contributed by atoms with van der Waals surface area (Å²) in [5, 5.41) is 6.87. The number of nitrogens with zero attached hydrogens (tertiary/aromatic N) is 3. The fourth-order valence-electron chi connectivity index (χ4n) is 2.39. The molecule has 1 aliphatic rings. The molecule has 1 saturated heterocycles. The summed E-state index contributed by atoms with van der Waals surface area (Å²) < 4.78 is 1.60. The minimum absolute atomic E-state index is 0.146. The molecule has 1 fully saturated rings. The molecule has 0 bridgehead atoms. The summed E-state index contributed by atoms with van der Waals surface area (Å²) >= 11 is 1.36. The van der Waals surface area contributed by atoms with Crippen molar-refractivity contribution in [3.8, 4) is 0 Å². The molecule has 0 aromatic carbocycles. The lowest BCUT2D eigenvalue weighted by Crippen LogP contribution is -2.40. The molecule has 112 valence electrons. The monoisotopic (exact) mass is 298 g/mol. The molecule has 0 radical (unpaired) electrons. The van der Waals surface area contributed by atoms with E-state index in [-0.39, 0.29) is 16.8 Å². The number of H-pyrrole nitrogens is 1. The van der Waals surface area contributed by atoms with Crippen LogP contribution in [0, 0.1) is 0 Å². The van der Waals surface area contributed by atoms with Crippen LogP contribution >= 0.6 is 11.8 Å². The molecule has 1 aromatic heterocycles. The van der Waals surface area contributed by atoms with Gasteiger partial charge in [0.25, 0.3) is 0 Å². The summed E-state index contributed by atoms with van der Waals surface area (Å²) in [5.41, 5.74) is -0.202. The van der Waals surface area contributed by atoms with E-state index in [1.165, 1.54) is 18.2 Å². The first-order chi connectivity index (χ1) is 9.63. The number of carbonyl (C=O) groups is 1. The third-order valence-corrected chi connectivity index (χ3v) is 4.55. The van der Waals surface area contributed by atoms with Crippen molar-refractivity contribution in [1.29, 1.82) is 0 Å². The zero-order valence-corrected chi connectivity index (χ0v) is 12.9. The summed E-state index contributed by atoms with van der Waals surface area (Å²) in [6, 6.07) is 0. The number of likely N-dealkylation sites (tertiary alicyclic amines) is 1. The van der Waals surface area contributed by atoms with Crippen LogP contribution < -0.4 is 5.69 Å². The number of aromatic amines is 1. The van der Waals surface area contributed by atoms with Crippen LogP contribution in [0.3, 0.4) is 0 Å². The van der Waals surface area contributed by atoms with Gasteiger partial charge in [0.15, 0.2) is 5.16 Å². The van der Waals surface area contributed by atoms with Gasteiger partial charge in [-0.1, -0.05) is 18.7 Å². The molecule has 7 heteroatoms. The summed E-state index contributed by atoms with van der Waals surface area (Å²) in [6.07, 6.45) is 4.25. The number of rotatable bonds is 5. The number of hydrogen-bond acceptors (Lipinski definition) is 4. The van der Waals surface area contributed by atoms with E-state index < -0.39 is 0 Å². The van der Waals surface area contributed by atoms with E-state index in [1.807, 2.05) is 18.7 Å². The largest absolute Gasteiger partial charge is 0.343 e. The van der Waals surface area contributed by atoms with Gasteiger partial charge in [-0.25, -0.2) is 9.89 Å². The first-order valence-corrected chi connectivity index (χ1v) is 8.12. The maximum absolute atomic E-state index is 12.4. The minimum Gasteiger partial charge on any atom is -0.342 e. The van der Waals surface area contributed by atoms with Crippen LogP contribution in [0.25, 0.3) is 0 Å². The Bertz CT molecular complexity index is 505. The van der Waals surface area contributed by atoms with Crippen molar-refractivity contribution >= 4 is 17.7 Å². The van der Waals surface area contributed by atoms with Crippen molar-refractivity contribution in [2.24, 2.45) is 0 Å². The molecule has 1 aliphatic heterocycles. The number of aromatic nitrogens is 3. The van der Waals surface area contributed by atoms with E-state index in [0.29, 0.717) is 11.7 Å². The molecule has 6 nitrogen and oxygen atoms in total. The quantitative estimate of drug-likeness (QED) is 0.836. The number of thioether (sulfide) groups is 1. The standard InChI is InChI=1S/C13H22N4O2S/c1-3-7-17-12(19)14-15-13(17)20-10(2)11(18)16-8-5-4-6-9-16/h10H,3-9H2,1-2H3,(H,14,19). The second kappa shape index (κ2) is 6.97. The number of carbonyl (C=O) groups excluding carboxylic acids is 1. The van der Waals surface area contributed by atoms with Crippen LogP contribution in [0.15, 0.2) is 9.95 Å². The van der Waals surface area contributed by atoms with E-state index >= 15 is 0 Å². The Morgan fingerprint density at radius 1 is 1.40 bits per heavy atom. The number of piperidine rings is 1. The second-order valence-corrected chi connectivity index (χ2v) is 6.42. The van der Waals surface area contributed by atoms with Gasteiger partial charge in [-0.3, -0.25) is 9.36 Å². The minimum atomic E-state index is -0.209. The van der Waals surface area contributed by atoms with E-state index in [2.05, 4.69) is 10.2 Å². The fraction of sp³-hybridized carbons (Fsp3) is 0.769. The lowest BCUT2D eigenvalue weighted by molar-refractivity contribution is -0.131. The number of nitrogens with one attached hydrogen (secondary N) is 1. The maximum Gasteiger partial charge on any atom is 0.343 e. The van der Waals surface area contributed by atoms with Gasteiger partial charge >= 0.3 is 5.69 Å². The lowest BCUT2D eigenvalue weighted by Gasteiger charge is -2.28. The highest BCUT2D eigenvalue weighted by atomic mass is 32.2. The Hall–Kier alpha value is -1.24. The summed E-state index contributed by atoms with van der Waals surface area (Å²) in [6.45, 7) is 6.23. The van der Waals surface area contributed by atoms with Gasteiger partial charge in [-0.15, -0.1) is 5.10 Å². The molecular formula is C13H22N4O2S. The molecule has 1 N–H and O–H groups in total. The van der Waals surface area contributed by atoms with Gasteiger partial charge in [0.05, 0.1) is 5.25 Å². The molecule has 2 heterocycles. The third kappa shape index (κ3) is 3.45. The van der Waals surface area contributed by atoms with Crippen molar-refractivity contribution in [3.05, 3.63) is 10.5 Å². The average molecular weight is 298 g/mol. The average Bonchev–Trinajstić information content (AvgIpc) is 2.81. The van der Waals surface area contributed by atoms with Gasteiger partial charge in [0.2, 0.25) is 5.91 Å². The summed E-state index contributed by atoms with van der Waals surface area (Å²) in [5.74, 6) is 0.146. The zero-order chi connectivity index (χ0) is 14.5. The Morgan fingerprint density at radius 2 is 2.10 bits per heavy atom. The summed E-state index contributed by atoms with van der Waals surface area (Å²) in [7, 11) is 0. The highest BCUT2D eigenvalue weighted by molar-refractivity contribution is 8.00. The van der Waals surface area contributed by atoms with E-state index in [9.17, 15) is 9.59 Å². The van der Waals surface area contributed by atoms with Crippen LogP contribution in [0.4, 0.5) is 0 Å². The molecule has 1 aromatic rings. The van der Waals surface area contributed by atoms with Gasteiger partial charge in [0.1, 0.15) is 0 Å². The molecule has 0 aliphatic carbocycles. The molecule has 2 rings (SSSR count). The predicted octanol–water partition coefficient (Wildman–Crippen LogP) is 1.47. The van der Waals surface area contributed by atoms with Crippen LogP contribution in [-0.4, -0.2) is 43.9 Å². The van der Waals surface area contributed by atoms with Crippen LogP contribution in [0.2, 0.25) is 0 Å². The van der Waals surface area contributed by atoms with Crippen LogP contribution in [0.1, 0.15) is 39.5 Å². The molecule has 1 amide bonds. The zero-order valence-electron chi connectivity index (χ0n) is 12.1. The first kappa shape index (κ1) is 15.2. The Kier molecular flexibility index (Phi) is 5.28. The van der Waals surface area contributed by atoms with Crippen LogP contribution in [0.5, 0.6) is 0 Å². The maximum atomic E-state index is 12.4. The van der Waals surface area contributed by atoms with Crippen molar-refractivity contribution in [3.63, 3.8) is 0 Å². The SMILES string of the molecule is CCCn1c(SC(C)C(=O)N2CCCCC2)n[nH]c1=O. The molecule has 1 unspecified atom stereocenters. The van der Waals surface area contributed by atoms with Gasteiger partial charge in [0, 0.05) is 19.6 Å². The number of amides is 1. The first-order valence-electron chi connectivity index (χ1n) is 7.24. The van der Waals surface area contributed by atoms with E-state index in [4.69, 9.17) is 0 Å². The number of hydrogen-bond donors (Lipinski definition) is 1. The van der Waals surface area contributed by atoms with E-state index in [0.717, 1.165) is 32.4 Å². The predicted molar refractivity (Wildman–Crippen MR) is 78.9 cm³/mol.